The van der Waals surface area contributed by atoms with E-state index in [1.54, 1.807) is 6.07 Å². The van der Waals surface area contributed by atoms with E-state index in [-0.39, 0.29) is 23.4 Å². The third-order valence-electron chi connectivity index (χ3n) is 3.00. The SMILES string of the molecule is CC(C)CNCC(CCSC(F)(F)F)c1cccc(Cl)c1. The lowest BCUT2D eigenvalue weighted by Crippen LogP contribution is -2.26. The van der Waals surface area contributed by atoms with Gasteiger partial charge in [0.25, 0.3) is 0 Å². The van der Waals surface area contributed by atoms with E-state index in [9.17, 15) is 13.2 Å². The van der Waals surface area contributed by atoms with Gasteiger partial charge < -0.3 is 5.32 Å². The third-order valence-corrected chi connectivity index (χ3v) is 4.00. The number of alkyl halides is 3. The number of hydrogen-bond acceptors (Lipinski definition) is 2. The van der Waals surface area contributed by atoms with Crippen LogP contribution in [-0.4, -0.2) is 24.4 Å². The highest BCUT2D eigenvalue weighted by molar-refractivity contribution is 8.00. The van der Waals surface area contributed by atoms with Crippen LogP contribution in [0.2, 0.25) is 5.02 Å². The van der Waals surface area contributed by atoms with Crippen LogP contribution in [0.5, 0.6) is 0 Å². The fourth-order valence-electron chi connectivity index (χ4n) is 2.01. The second-order valence-corrected chi connectivity index (χ2v) is 6.98. The van der Waals surface area contributed by atoms with Crippen molar-refractivity contribution in [2.75, 3.05) is 18.8 Å². The Hall–Kier alpha value is -0.390. The van der Waals surface area contributed by atoms with Crippen molar-refractivity contribution in [2.24, 2.45) is 5.92 Å². The fourth-order valence-corrected chi connectivity index (χ4v) is 2.84. The molecule has 1 nitrogen and oxygen atoms in total. The average molecular weight is 340 g/mol. The first-order chi connectivity index (χ1) is 9.78. The molecular formula is C15H21ClF3NS. The molecule has 1 N–H and O–H groups in total. The molecule has 0 aliphatic rings. The van der Waals surface area contributed by atoms with Gasteiger partial charge in [0.05, 0.1) is 0 Å². The van der Waals surface area contributed by atoms with Crippen LogP contribution in [0.1, 0.15) is 31.7 Å². The largest absolute Gasteiger partial charge is 0.441 e. The van der Waals surface area contributed by atoms with Gasteiger partial charge in [-0.05, 0) is 42.5 Å². The minimum atomic E-state index is -4.16. The summed E-state index contributed by atoms with van der Waals surface area (Å²) in [6, 6.07) is 7.37. The number of benzene rings is 1. The Morgan fingerprint density at radius 3 is 2.52 bits per heavy atom. The Labute approximate surface area is 133 Å². The zero-order valence-corrected chi connectivity index (χ0v) is 13.8. The molecule has 1 atom stereocenters. The summed E-state index contributed by atoms with van der Waals surface area (Å²) >= 11 is 6.01. The standard InChI is InChI=1S/C15H21ClF3NS/c1-11(2)9-20-10-13(6-7-21-15(17,18)19)12-4-3-5-14(16)8-12/h3-5,8,11,13,20H,6-7,9-10H2,1-2H3. The first-order valence-corrected chi connectivity index (χ1v) is 8.31. The number of rotatable bonds is 8. The average Bonchev–Trinajstić information content (AvgIpc) is 2.35. The van der Waals surface area contributed by atoms with E-state index in [0.717, 1.165) is 12.1 Å². The van der Waals surface area contributed by atoms with E-state index < -0.39 is 5.51 Å². The van der Waals surface area contributed by atoms with Crippen LogP contribution in [0.25, 0.3) is 0 Å². The Bertz CT molecular complexity index is 424. The molecule has 0 aromatic heterocycles. The molecule has 1 rings (SSSR count). The molecule has 0 saturated heterocycles. The zero-order valence-electron chi connectivity index (χ0n) is 12.2. The van der Waals surface area contributed by atoms with Gasteiger partial charge in [-0.2, -0.15) is 13.2 Å². The fraction of sp³-hybridized carbons (Fsp3) is 0.600. The van der Waals surface area contributed by atoms with Crippen LogP contribution in [0.4, 0.5) is 13.2 Å². The summed E-state index contributed by atoms with van der Waals surface area (Å²) in [7, 11) is 0. The minimum absolute atomic E-state index is 0.0392. The van der Waals surface area contributed by atoms with Gasteiger partial charge in [-0.3, -0.25) is 0 Å². The summed E-state index contributed by atoms with van der Waals surface area (Å²) in [6.45, 7) is 5.71. The van der Waals surface area contributed by atoms with Crippen LogP contribution < -0.4 is 5.32 Å². The van der Waals surface area contributed by atoms with Crippen LogP contribution in [0, 0.1) is 5.92 Å². The van der Waals surface area contributed by atoms with E-state index in [4.69, 9.17) is 11.6 Å². The van der Waals surface area contributed by atoms with E-state index in [1.165, 1.54) is 0 Å². The molecule has 0 radical (unpaired) electrons. The highest BCUT2D eigenvalue weighted by Gasteiger charge is 2.28. The van der Waals surface area contributed by atoms with Crippen molar-refractivity contribution in [2.45, 2.75) is 31.7 Å². The smallest absolute Gasteiger partial charge is 0.316 e. The topological polar surface area (TPSA) is 12.0 Å². The molecule has 21 heavy (non-hydrogen) atoms. The van der Waals surface area contributed by atoms with Crippen LogP contribution in [-0.2, 0) is 0 Å². The maximum absolute atomic E-state index is 12.3. The van der Waals surface area contributed by atoms with Gasteiger partial charge in [0, 0.05) is 17.3 Å². The molecule has 0 bridgehead atoms. The lowest BCUT2D eigenvalue weighted by atomic mass is 9.96. The predicted molar refractivity (Wildman–Crippen MR) is 85.0 cm³/mol. The number of thioether (sulfide) groups is 1. The van der Waals surface area contributed by atoms with Gasteiger partial charge in [0.15, 0.2) is 0 Å². The second kappa shape index (κ2) is 8.91. The van der Waals surface area contributed by atoms with Gasteiger partial charge in [-0.25, -0.2) is 0 Å². The summed E-state index contributed by atoms with van der Waals surface area (Å²) in [4.78, 5) is 0. The first kappa shape index (κ1) is 18.7. The third kappa shape index (κ3) is 8.59. The second-order valence-electron chi connectivity index (χ2n) is 5.39. The number of hydrogen-bond donors (Lipinski definition) is 1. The maximum Gasteiger partial charge on any atom is 0.441 e. The molecule has 0 amide bonds. The van der Waals surface area contributed by atoms with Crippen molar-refractivity contribution in [1.82, 2.24) is 5.32 Å². The van der Waals surface area contributed by atoms with Gasteiger partial charge in [0.1, 0.15) is 0 Å². The van der Waals surface area contributed by atoms with E-state index in [1.807, 2.05) is 18.2 Å². The van der Waals surface area contributed by atoms with Gasteiger partial charge in [-0.1, -0.05) is 49.3 Å². The van der Waals surface area contributed by atoms with E-state index in [0.29, 0.717) is 23.9 Å². The van der Waals surface area contributed by atoms with Crippen LogP contribution in [0.15, 0.2) is 24.3 Å². The number of nitrogens with one attached hydrogen (secondary N) is 1. The van der Waals surface area contributed by atoms with Crippen molar-refractivity contribution in [3.05, 3.63) is 34.9 Å². The Kier molecular flexibility index (Phi) is 7.92. The molecule has 0 spiro atoms. The molecule has 6 heteroatoms. The minimum Gasteiger partial charge on any atom is -0.316 e. The lowest BCUT2D eigenvalue weighted by molar-refractivity contribution is -0.0328. The molecule has 1 unspecified atom stereocenters. The van der Waals surface area contributed by atoms with Crippen molar-refractivity contribution in [3.8, 4) is 0 Å². The maximum atomic E-state index is 12.3. The zero-order chi connectivity index (χ0) is 15.9. The summed E-state index contributed by atoms with van der Waals surface area (Å²) < 4.78 is 36.8. The first-order valence-electron chi connectivity index (χ1n) is 6.95. The normalized spacial score (nSPS) is 13.7. The van der Waals surface area contributed by atoms with E-state index >= 15 is 0 Å². The monoisotopic (exact) mass is 339 g/mol. The highest BCUT2D eigenvalue weighted by atomic mass is 35.5. The van der Waals surface area contributed by atoms with Crippen molar-refractivity contribution in [3.63, 3.8) is 0 Å². The predicted octanol–water partition coefficient (Wildman–Crippen LogP) is 5.31. The van der Waals surface area contributed by atoms with Crippen molar-refractivity contribution >= 4 is 23.4 Å². The summed E-state index contributed by atoms with van der Waals surface area (Å²) in [5, 5.41) is 3.93. The van der Waals surface area contributed by atoms with Crippen molar-refractivity contribution < 1.29 is 13.2 Å². The molecule has 0 fully saturated rings. The lowest BCUT2D eigenvalue weighted by Gasteiger charge is -2.19. The molecule has 0 aliphatic carbocycles. The molecule has 120 valence electrons. The van der Waals surface area contributed by atoms with Gasteiger partial charge in [-0.15, -0.1) is 0 Å². The highest BCUT2D eigenvalue weighted by Crippen LogP contribution is 2.33. The Balaban J connectivity index is 2.61. The molecule has 1 aromatic rings. The summed E-state index contributed by atoms with van der Waals surface area (Å²) in [5.74, 6) is 0.608. The molecular weight excluding hydrogens is 319 g/mol. The molecule has 1 aromatic carbocycles. The van der Waals surface area contributed by atoms with Gasteiger partial charge in [0.2, 0.25) is 0 Å². The molecule has 0 saturated carbocycles. The number of halogens is 4. The Morgan fingerprint density at radius 2 is 1.95 bits per heavy atom. The molecule has 0 aliphatic heterocycles. The van der Waals surface area contributed by atoms with E-state index in [2.05, 4.69) is 19.2 Å². The molecule has 0 heterocycles. The quantitative estimate of drug-likeness (QED) is 0.688. The summed E-state index contributed by atoms with van der Waals surface area (Å²) in [6.07, 6.45) is 0.468. The Morgan fingerprint density at radius 1 is 1.24 bits per heavy atom. The van der Waals surface area contributed by atoms with Crippen molar-refractivity contribution in [1.29, 1.82) is 0 Å². The van der Waals surface area contributed by atoms with Crippen LogP contribution >= 0.6 is 23.4 Å². The van der Waals surface area contributed by atoms with Crippen LogP contribution in [0.3, 0.4) is 0 Å². The van der Waals surface area contributed by atoms with Gasteiger partial charge >= 0.3 is 5.51 Å². The summed E-state index contributed by atoms with van der Waals surface area (Å²) in [5.41, 5.74) is -3.17.